The molecule has 1 atom stereocenters. The van der Waals surface area contributed by atoms with Crippen LogP contribution in [0.15, 0.2) is 48.5 Å². The van der Waals surface area contributed by atoms with E-state index in [1.165, 1.54) is 18.2 Å². The van der Waals surface area contributed by atoms with Crippen molar-refractivity contribution in [2.75, 3.05) is 18.4 Å². The molecule has 0 spiro atoms. The van der Waals surface area contributed by atoms with Crippen molar-refractivity contribution >= 4 is 29.1 Å². The fraction of sp³-hybridized carbons (Fsp3) is 0.300. The molecule has 0 aliphatic carbocycles. The lowest BCUT2D eigenvalue weighted by molar-refractivity contribution is -0.125. The molecule has 27 heavy (non-hydrogen) atoms. The number of rotatable bonds is 5. The van der Waals surface area contributed by atoms with Gasteiger partial charge in [0, 0.05) is 11.6 Å². The maximum Gasteiger partial charge on any atom is 0.239 e. The lowest BCUT2D eigenvalue weighted by Crippen LogP contribution is -2.44. The van der Waals surface area contributed by atoms with Crippen molar-refractivity contribution in [3.63, 3.8) is 0 Å². The van der Waals surface area contributed by atoms with Crippen molar-refractivity contribution in [1.29, 1.82) is 0 Å². The summed E-state index contributed by atoms with van der Waals surface area (Å²) in [5, 5.41) is 2.75. The standard InChI is InChI=1S/C20H21ClFN3O2/c21-16-12-15(6-7-17(16)22)24-20(27)14-8-10-25(11-9-14)18(19(23)26)13-4-2-1-3-5-13/h1-7,12,14,18H,8-11H2,(H2,23,26)(H,24,27)/t18-/m0/s1. The van der Waals surface area contributed by atoms with Crippen LogP contribution >= 0.6 is 11.6 Å². The number of anilines is 1. The molecule has 7 heteroatoms. The summed E-state index contributed by atoms with van der Waals surface area (Å²) in [6.45, 7) is 1.18. The van der Waals surface area contributed by atoms with E-state index < -0.39 is 17.8 Å². The summed E-state index contributed by atoms with van der Waals surface area (Å²) in [4.78, 5) is 26.5. The molecular weight excluding hydrogens is 369 g/mol. The van der Waals surface area contributed by atoms with Crippen LogP contribution in [0.2, 0.25) is 5.02 Å². The van der Waals surface area contributed by atoms with E-state index in [0.717, 1.165) is 5.56 Å². The molecule has 3 N–H and O–H groups in total. The quantitative estimate of drug-likeness (QED) is 0.823. The van der Waals surface area contributed by atoms with Gasteiger partial charge in [-0.3, -0.25) is 14.5 Å². The van der Waals surface area contributed by atoms with Crippen LogP contribution in [0.1, 0.15) is 24.4 Å². The second-order valence-electron chi connectivity index (χ2n) is 6.64. The third-order valence-electron chi connectivity index (χ3n) is 4.84. The van der Waals surface area contributed by atoms with Gasteiger partial charge in [0.2, 0.25) is 11.8 Å². The lowest BCUT2D eigenvalue weighted by Gasteiger charge is -2.35. The van der Waals surface area contributed by atoms with Crippen LogP contribution in [0.25, 0.3) is 0 Å². The Labute approximate surface area is 162 Å². The first kappa shape index (κ1) is 19.3. The van der Waals surface area contributed by atoms with E-state index in [-0.39, 0.29) is 16.8 Å². The van der Waals surface area contributed by atoms with E-state index in [9.17, 15) is 14.0 Å². The molecule has 0 bridgehead atoms. The molecule has 1 aliphatic rings. The van der Waals surface area contributed by atoms with Crippen LogP contribution in [0.5, 0.6) is 0 Å². The highest BCUT2D eigenvalue weighted by atomic mass is 35.5. The molecule has 1 aliphatic heterocycles. The smallest absolute Gasteiger partial charge is 0.239 e. The van der Waals surface area contributed by atoms with Gasteiger partial charge in [-0.1, -0.05) is 41.9 Å². The summed E-state index contributed by atoms with van der Waals surface area (Å²) < 4.78 is 13.2. The number of benzene rings is 2. The first-order valence-corrected chi connectivity index (χ1v) is 9.17. The molecule has 2 amide bonds. The Morgan fingerprint density at radius 2 is 1.81 bits per heavy atom. The number of halogens is 2. The van der Waals surface area contributed by atoms with Crippen molar-refractivity contribution in [3.05, 3.63) is 64.9 Å². The Kier molecular flexibility index (Phi) is 6.08. The minimum absolute atomic E-state index is 0.0326. The Hall–Kier alpha value is -2.44. The number of carbonyl (C=O) groups excluding carboxylic acids is 2. The molecule has 2 aromatic carbocycles. The van der Waals surface area contributed by atoms with Crippen LogP contribution in [0.3, 0.4) is 0 Å². The van der Waals surface area contributed by atoms with Gasteiger partial charge in [-0.05, 0) is 49.7 Å². The molecule has 0 radical (unpaired) electrons. The van der Waals surface area contributed by atoms with Gasteiger partial charge in [-0.15, -0.1) is 0 Å². The maximum atomic E-state index is 13.2. The number of nitrogens with one attached hydrogen (secondary N) is 1. The average Bonchev–Trinajstić information content (AvgIpc) is 2.66. The van der Waals surface area contributed by atoms with Crippen LogP contribution < -0.4 is 11.1 Å². The second-order valence-corrected chi connectivity index (χ2v) is 7.05. The molecule has 2 aromatic rings. The van der Waals surface area contributed by atoms with E-state index in [1.807, 2.05) is 35.2 Å². The fourth-order valence-corrected chi connectivity index (χ4v) is 3.61. The zero-order valence-corrected chi connectivity index (χ0v) is 15.5. The molecule has 0 unspecified atom stereocenters. The number of hydrogen-bond acceptors (Lipinski definition) is 3. The van der Waals surface area contributed by atoms with Crippen molar-refractivity contribution in [1.82, 2.24) is 4.90 Å². The lowest BCUT2D eigenvalue weighted by atomic mass is 9.93. The number of nitrogens with two attached hydrogens (primary N) is 1. The summed E-state index contributed by atoms with van der Waals surface area (Å²) in [5.74, 6) is -1.24. The number of primary amides is 1. The number of piperidine rings is 1. The first-order valence-electron chi connectivity index (χ1n) is 8.80. The summed E-state index contributed by atoms with van der Waals surface area (Å²) in [5.41, 5.74) is 6.94. The molecule has 1 fully saturated rings. The Balaban J connectivity index is 1.61. The van der Waals surface area contributed by atoms with E-state index in [2.05, 4.69) is 5.32 Å². The van der Waals surface area contributed by atoms with E-state index >= 15 is 0 Å². The number of carbonyl (C=O) groups is 2. The van der Waals surface area contributed by atoms with Crippen LogP contribution in [0.4, 0.5) is 10.1 Å². The van der Waals surface area contributed by atoms with Crippen molar-refractivity contribution < 1.29 is 14.0 Å². The van der Waals surface area contributed by atoms with E-state index in [0.29, 0.717) is 31.6 Å². The fourth-order valence-electron chi connectivity index (χ4n) is 3.43. The second kappa shape index (κ2) is 8.50. The number of nitrogens with zero attached hydrogens (tertiary/aromatic N) is 1. The normalized spacial score (nSPS) is 16.7. The predicted octanol–water partition coefficient (Wildman–Crippen LogP) is 3.36. The SMILES string of the molecule is NC(=O)[C@H](c1ccccc1)N1CCC(C(=O)Nc2ccc(F)c(Cl)c2)CC1. The predicted molar refractivity (Wildman–Crippen MR) is 103 cm³/mol. The highest BCUT2D eigenvalue weighted by Crippen LogP contribution is 2.28. The minimum Gasteiger partial charge on any atom is -0.368 e. The van der Waals surface area contributed by atoms with Gasteiger partial charge in [-0.25, -0.2) is 4.39 Å². The monoisotopic (exact) mass is 389 g/mol. The average molecular weight is 390 g/mol. The maximum absolute atomic E-state index is 13.2. The molecule has 1 saturated heterocycles. The molecular formula is C20H21ClFN3O2. The summed E-state index contributed by atoms with van der Waals surface area (Å²) >= 11 is 5.75. The van der Waals surface area contributed by atoms with E-state index in [4.69, 9.17) is 17.3 Å². The van der Waals surface area contributed by atoms with Crippen LogP contribution in [0, 0.1) is 11.7 Å². The van der Waals surface area contributed by atoms with Gasteiger partial charge in [0.1, 0.15) is 11.9 Å². The van der Waals surface area contributed by atoms with Gasteiger partial charge in [-0.2, -0.15) is 0 Å². The van der Waals surface area contributed by atoms with Gasteiger partial charge < -0.3 is 11.1 Å². The summed E-state index contributed by atoms with van der Waals surface area (Å²) in [6.07, 6.45) is 1.22. The third-order valence-corrected chi connectivity index (χ3v) is 5.13. The van der Waals surface area contributed by atoms with Gasteiger partial charge >= 0.3 is 0 Å². The molecule has 3 rings (SSSR count). The highest BCUT2D eigenvalue weighted by Gasteiger charge is 2.32. The van der Waals surface area contributed by atoms with Crippen molar-refractivity contribution in [2.24, 2.45) is 11.7 Å². The Morgan fingerprint density at radius 1 is 1.15 bits per heavy atom. The topological polar surface area (TPSA) is 75.4 Å². The van der Waals surface area contributed by atoms with Crippen molar-refractivity contribution in [3.8, 4) is 0 Å². The van der Waals surface area contributed by atoms with Gasteiger partial charge in [0.25, 0.3) is 0 Å². The molecule has 1 heterocycles. The third kappa shape index (κ3) is 4.64. The zero-order chi connectivity index (χ0) is 19.4. The Bertz CT molecular complexity index is 823. The molecule has 5 nitrogen and oxygen atoms in total. The first-order chi connectivity index (χ1) is 13.0. The molecule has 0 saturated carbocycles. The number of amides is 2. The number of hydrogen-bond donors (Lipinski definition) is 2. The highest BCUT2D eigenvalue weighted by molar-refractivity contribution is 6.31. The largest absolute Gasteiger partial charge is 0.368 e. The van der Waals surface area contributed by atoms with Gasteiger partial charge in [0.05, 0.1) is 5.02 Å². The summed E-state index contributed by atoms with van der Waals surface area (Å²) in [7, 11) is 0. The molecule has 0 aromatic heterocycles. The van der Waals surface area contributed by atoms with Crippen LogP contribution in [-0.2, 0) is 9.59 Å². The van der Waals surface area contributed by atoms with E-state index in [1.54, 1.807) is 0 Å². The van der Waals surface area contributed by atoms with Crippen molar-refractivity contribution in [2.45, 2.75) is 18.9 Å². The van der Waals surface area contributed by atoms with Crippen LogP contribution in [-0.4, -0.2) is 29.8 Å². The minimum atomic E-state index is -0.527. The number of likely N-dealkylation sites (tertiary alicyclic amines) is 1. The zero-order valence-electron chi connectivity index (χ0n) is 14.7. The van der Waals surface area contributed by atoms with Gasteiger partial charge in [0.15, 0.2) is 0 Å². The Morgan fingerprint density at radius 3 is 2.41 bits per heavy atom. The summed E-state index contributed by atoms with van der Waals surface area (Å²) in [6, 6.07) is 13.0. The molecule has 142 valence electrons.